The molecule has 0 fully saturated rings. The summed E-state index contributed by atoms with van der Waals surface area (Å²) in [6.45, 7) is 4.25. The van der Waals surface area contributed by atoms with E-state index in [1.54, 1.807) is 0 Å². The van der Waals surface area contributed by atoms with Gasteiger partial charge in [0.05, 0.1) is 0 Å². The van der Waals surface area contributed by atoms with Crippen LogP contribution in [0.15, 0.2) is 0 Å². The zero-order valence-corrected chi connectivity index (χ0v) is 5.72. The first kappa shape index (κ1) is 8.88. The van der Waals surface area contributed by atoms with E-state index in [-0.39, 0.29) is 12.1 Å². The summed E-state index contributed by atoms with van der Waals surface area (Å²) < 4.78 is 0. The fourth-order valence-electron chi connectivity index (χ4n) is 0.721. The van der Waals surface area contributed by atoms with Crippen molar-refractivity contribution in [2.45, 2.75) is 24.9 Å². The molecule has 0 heterocycles. The molecule has 6 N–H and O–H groups in total. The molecule has 2 unspecified atom stereocenters. The summed E-state index contributed by atoms with van der Waals surface area (Å²) in [6, 6.07) is 0.0778. The van der Waals surface area contributed by atoms with E-state index >= 15 is 0 Å². The summed E-state index contributed by atoms with van der Waals surface area (Å²) >= 11 is 0. The Kier molecular flexibility index (Phi) is 4.67. The third kappa shape index (κ3) is 5.76. The topological polar surface area (TPSA) is 78.1 Å². The van der Waals surface area contributed by atoms with Crippen molar-refractivity contribution in [2.24, 2.45) is 17.2 Å². The lowest BCUT2D eigenvalue weighted by Crippen LogP contribution is -2.31. The van der Waals surface area contributed by atoms with Gasteiger partial charge in [0.1, 0.15) is 0 Å². The molecule has 0 aromatic heterocycles. The molecule has 9 heavy (non-hydrogen) atoms. The minimum absolute atomic E-state index is 0.0495. The summed E-state index contributed by atoms with van der Waals surface area (Å²) in [7, 11) is 0. The molecule has 0 aromatic rings. The molecule has 0 saturated carbocycles. The minimum atomic E-state index is -0.0495. The Hall–Kier alpha value is -0.120. The maximum Gasteiger partial charge on any atom is 0.00655 e. The van der Waals surface area contributed by atoms with Crippen molar-refractivity contribution in [1.82, 2.24) is 0 Å². The van der Waals surface area contributed by atoms with Crippen molar-refractivity contribution >= 4 is 0 Å². The van der Waals surface area contributed by atoms with Crippen molar-refractivity contribution in [3.8, 4) is 0 Å². The highest BCUT2D eigenvalue weighted by Crippen LogP contribution is 1.94. The monoisotopic (exact) mass is 130 g/mol. The van der Waals surface area contributed by atoms with Crippen molar-refractivity contribution < 1.29 is 0 Å². The zero-order chi connectivity index (χ0) is 7.28. The molecule has 0 saturated heterocycles. The number of rotatable bonds is 4. The van der Waals surface area contributed by atoms with Gasteiger partial charge in [-0.05, 0) is 26.3 Å². The lowest BCUT2D eigenvalue weighted by molar-refractivity contribution is 0.543. The average Bonchev–Trinajstić information content (AvgIpc) is 1.63. The van der Waals surface area contributed by atoms with Gasteiger partial charge in [-0.2, -0.15) is 0 Å². The van der Waals surface area contributed by atoms with Crippen molar-refractivity contribution in [2.75, 3.05) is 6.54 Å². The first-order chi connectivity index (χ1) is 4.16. The molecule has 2 atom stereocenters. The van der Waals surface area contributed by atoms with Crippen molar-refractivity contribution in [3.63, 3.8) is 0 Å². The fourth-order valence-corrected chi connectivity index (χ4v) is 0.721. The summed E-state index contributed by atoms with van der Waals surface area (Å²) in [5, 5.41) is 0. The average molecular weight is 130 g/mol. The number of hydrogen-bond acceptors (Lipinski definition) is 3. The van der Waals surface area contributed by atoms with E-state index in [0.29, 0.717) is 6.54 Å². The predicted molar refractivity (Wildman–Crippen MR) is 39.6 cm³/mol. The highest BCUT2D eigenvalue weighted by atomic mass is 14.7. The van der Waals surface area contributed by atoms with Crippen LogP contribution in [0.25, 0.3) is 0 Å². The van der Waals surface area contributed by atoms with Crippen LogP contribution in [0.5, 0.6) is 0 Å². The lowest BCUT2D eigenvalue weighted by atomic mass is 10.1. The molecular formula is C6H16N3. The fraction of sp³-hybridized carbons (Fsp3) is 0.833. The van der Waals surface area contributed by atoms with Gasteiger partial charge in [-0.3, -0.25) is 0 Å². The molecule has 0 amide bonds. The zero-order valence-electron chi connectivity index (χ0n) is 5.72. The quantitative estimate of drug-likeness (QED) is 0.467. The van der Waals surface area contributed by atoms with Gasteiger partial charge in [0.15, 0.2) is 0 Å². The Morgan fingerprint density at radius 1 is 1.33 bits per heavy atom. The van der Waals surface area contributed by atoms with E-state index < -0.39 is 0 Å². The molecule has 0 aliphatic rings. The molecule has 3 heteroatoms. The molecule has 0 aliphatic heterocycles. The van der Waals surface area contributed by atoms with Crippen LogP contribution < -0.4 is 17.2 Å². The Balaban J connectivity index is 3.15. The molecule has 0 aromatic carbocycles. The third-order valence-corrected chi connectivity index (χ3v) is 1.14. The normalized spacial score (nSPS) is 17.3. The van der Waals surface area contributed by atoms with Crippen LogP contribution in [0.4, 0.5) is 0 Å². The molecule has 55 valence electrons. The second-order valence-corrected chi connectivity index (χ2v) is 2.33. The van der Waals surface area contributed by atoms with E-state index in [1.165, 1.54) is 0 Å². The van der Waals surface area contributed by atoms with Crippen molar-refractivity contribution in [3.05, 3.63) is 6.92 Å². The Morgan fingerprint density at radius 3 is 2.22 bits per heavy atom. The smallest absolute Gasteiger partial charge is 0.00655 e. The third-order valence-electron chi connectivity index (χ3n) is 1.14. The standard InChI is InChI=1S/C6H16N3/c1-5(8)4-6(9)2-3-7/h5-6H,1-4,7-9H2. The number of hydrogen-bond donors (Lipinski definition) is 3. The number of nitrogens with two attached hydrogens (primary N) is 3. The van der Waals surface area contributed by atoms with Crippen LogP contribution in [0, 0.1) is 6.92 Å². The van der Waals surface area contributed by atoms with Gasteiger partial charge in [-0.1, -0.05) is 0 Å². The van der Waals surface area contributed by atoms with Crippen LogP contribution in [0.2, 0.25) is 0 Å². The summed E-state index contributed by atoms with van der Waals surface area (Å²) in [4.78, 5) is 0. The lowest BCUT2D eigenvalue weighted by Gasteiger charge is -2.11. The Bertz CT molecular complexity index is 63.3. The highest BCUT2D eigenvalue weighted by Gasteiger charge is 2.02. The largest absolute Gasteiger partial charge is 0.330 e. The van der Waals surface area contributed by atoms with Gasteiger partial charge < -0.3 is 17.2 Å². The molecule has 0 spiro atoms. The molecule has 3 nitrogen and oxygen atoms in total. The first-order valence-corrected chi connectivity index (χ1v) is 3.21. The minimum Gasteiger partial charge on any atom is -0.330 e. The van der Waals surface area contributed by atoms with Gasteiger partial charge in [-0.25, -0.2) is 0 Å². The van der Waals surface area contributed by atoms with Gasteiger partial charge >= 0.3 is 0 Å². The molecular weight excluding hydrogens is 114 g/mol. The van der Waals surface area contributed by atoms with E-state index in [0.717, 1.165) is 12.8 Å². The van der Waals surface area contributed by atoms with E-state index in [9.17, 15) is 0 Å². The SMILES string of the molecule is [CH2]C(N)CC(N)CCN. The van der Waals surface area contributed by atoms with Crippen LogP contribution in [-0.4, -0.2) is 18.6 Å². The van der Waals surface area contributed by atoms with Crippen LogP contribution in [0.3, 0.4) is 0 Å². The van der Waals surface area contributed by atoms with Gasteiger partial charge in [0.25, 0.3) is 0 Å². The summed E-state index contributed by atoms with van der Waals surface area (Å²) in [5.74, 6) is 0. The Labute approximate surface area is 56.6 Å². The van der Waals surface area contributed by atoms with Gasteiger partial charge in [0.2, 0.25) is 0 Å². The second-order valence-electron chi connectivity index (χ2n) is 2.33. The van der Waals surface area contributed by atoms with Gasteiger partial charge in [-0.15, -0.1) is 0 Å². The molecule has 0 rings (SSSR count). The highest BCUT2D eigenvalue weighted by molar-refractivity contribution is 4.71. The molecule has 1 radical (unpaired) electrons. The second kappa shape index (κ2) is 4.73. The van der Waals surface area contributed by atoms with Crippen LogP contribution in [0.1, 0.15) is 12.8 Å². The molecule has 0 aliphatic carbocycles. The van der Waals surface area contributed by atoms with Crippen molar-refractivity contribution in [1.29, 1.82) is 0 Å². The maximum absolute atomic E-state index is 5.59. The summed E-state index contributed by atoms with van der Waals surface area (Å²) in [5.41, 5.74) is 16.2. The first-order valence-electron chi connectivity index (χ1n) is 3.21. The summed E-state index contributed by atoms with van der Waals surface area (Å²) in [6.07, 6.45) is 1.60. The molecule has 0 bridgehead atoms. The maximum atomic E-state index is 5.59. The van der Waals surface area contributed by atoms with Gasteiger partial charge in [0, 0.05) is 12.1 Å². The van der Waals surface area contributed by atoms with E-state index in [4.69, 9.17) is 17.2 Å². The van der Waals surface area contributed by atoms with Crippen LogP contribution >= 0.6 is 0 Å². The predicted octanol–water partition coefficient (Wildman–Crippen LogP) is -0.786. The van der Waals surface area contributed by atoms with Crippen LogP contribution in [-0.2, 0) is 0 Å². The Morgan fingerprint density at radius 2 is 1.89 bits per heavy atom. The van der Waals surface area contributed by atoms with E-state index in [1.807, 2.05) is 0 Å². The van der Waals surface area contributed by atoms with E-state index in [2.05, 4.69) is 6.92 Å².